The van der Waals surface area contributed by atoms with E-state index >= 15 is 0 Å². The van der Waals surface area contributed by atoms with Gasteiger partial charge in [-0.15, -0.1) is 0 Å². The minimum absolute atomic E-state index is 0.171. The van der Waals surface area contributed by atoms with Gasteiger partial charge in [-0.2, -0.15) is 18.3 Å². The summed E-state index contributed by atoms with van der Waals surface area (Å²) in [6, 6.07) is 8.23. The molecule has 2 aromatic heterocycles. The molecule has 2 heterocycles. The molecular formula is C22H13ClF4N4O5. The predicted octanol–water partition coefficient (Wildman–Crippen LogP) is 6.09. The Kier molecular flexibility index (Phi) is 6.50. The van der Waals surface area contributed by atoms with Crippen molar-refractivity contribution in [2.45, 2.75) is 13.1 Å². The summed E-state index contributed by atoms with van der Waals surface area (Å²) in [5.41, 5.74) is -4.93. The Morgan fingerprint density at radius 1 is 1.22 bits per heavy atom. The van der Waals surface area contributed by atoms with Crippen LogP contribution in [-0.4, -0.2) is 32.4 Å². The van der Waals surface area contributed by atoms with Gasteiger partial charge in [-0.25, -0.2) is 13.9 Å². The number of rotatable bonds is 6. The highest BCUT2D eigenvalue weighted by atomic mass is 35.5. The lowest BCUT2D eigenvalue weighted by atomic mass is 10.0. The maximum absolute atomic E-state index is 14.6. The summed E-state index contributed by atoms with van der Waals surface area (Å²) in [5.74, 6) is -2.81. The van der Waals surface area contributed by atoms with Crippen LogP contribution < -0.4 is 0 Å². The van der Waals surface area contributed by atoms with E-state index in [4.69, 9.17) is 20.9 Å². The molecule has 186 valence electrons. The molecule has 4 rings (SSSR count). The standard InChI is InChI=1S/C22H13ClF4N4O5/c1-2-35-21(32)17-18(16-12(23)6-5-7-13(16)24)29-36-19(17)11-10-28-30(20(11)22(25,26)27)14-8-3-4-9-15(14)31(33)34/h3-10H,2H2,1H3. The third-order valence-electron chi connectivity index (χ3n) is 4.96. The van der Waals surface area contributed by atoms with Crippen LogP contribution in [0.1, 0.15) is 23.0 Å². The highest BCUT2D eigenvalue weighted by Crippen LogP contribution is 2.43. The molecule has 0 unspecified atom stereocenters. The molecular weight excluding hydrogens is 512 g/mol. The van der Waals surface area contributed by atoms with Gasteiger partial charge in [-0.1, -0.05) is 35.0 Å². The highest BCUT2D eigenvalue weighted by Gasteiger charge is 2.43. The summed E-state index contributed by atoms with van der Waals surface area (Å²) in [7, 11) is 0. The number of halogens is 5. The molecule has 0 aliphatic rings. The topological polar surface area (TPSA) is 113 Å². The first kappa shape index (κ1) is 24.9. The second-order valence-corrected chi connectivity index (χ2v) is 7.52. The van der Waals surface area contributed by atoms with Gasteiger partial charge in [0.05, 0.1) is 33.9 Å². The molecule has 0 atom stereocenters. The molecule has 14 heteroatoms. The molecule has 0 saturated heterocycles. The number of nitrogens with zero attached hydrogens (tertiary/aromatic N) is 4. The molecule has 0 spiro atoms. The Labute approximate surface area is 204 Å². The number of alkyl halides is 3. The number of esters is 1. The fraction of sp³-hybridized carbons (Fsp3) is 0.136. The lowest BCUT2D eigenvalue weighted by Gasteiger charge is -2.12. The zero-order valence-electron chi connectivity index (χ0n) is 18.0. The Morgan fingerprint density at radius 2 is 1.94 bits per heavy atom. The summed E-state index contributed by atoms with van der Waals surface area (Å²) < 4.78 is 67.9. The van der Waals surface area contributed by atoms with Gasteiger partial charge < -0.3 is 9.26 Å². The molecule has 0 saturated carbocycles. The third-order valence-corrected chi connectivity index (χ3v) is 5.28. The van der Waals surface area contributed by atoms with Crippen LogP contribution in [0, 0.1) is 15.9 Å². The fourth-order valence-corrected chi connectivity index (χ4v) is 3.78. The molecule has 9 nitrogen and oxygen atoms in total. The van der Waals surface area contributed by atoms with Crippen LogP contribution in [0.5, 0.6) is 0 Å². The van der Waals surface area contributed by atoms with Gasteiger partial charge in [0.1, 0.15) is 22.8 Å². The summed E-state index contributed by atoms with van der Waals surface area (Å²) in [4.78, 5) is 23.4. The number of benzene rings is 2. The first-order chi connectivity index (χ1) is 17.1. The number of carbonyl (C=O) groups excluding carboxylic acids is 1. The van der Waals surface area contributed by atoms with Crippen molar-refractivity contribution in [3.63, 3.8) is 0 Å². The Morgan fingerprint density at radius 3 is 2.58 bits per heavy atom. The van der Waals surface area contributed by atoms with Crippen molar-refractivity contribution in [2.24, 2.45) is 0 Å². The Balaban J connectivity index is 2.03. The van der Waals surface area contributed by atoms with Crippen LogP contribution in [0.2, 0.25) is 5.02 Å². The molecule has 0 fully saturated rings. The van der Waals surface area contributed by atoms with Crippen molar-refractivity contribution in [2.75, 3.05) is 6.61 Å². The number of nitro groups is 1. The highest BCUT2D eigenvalue weighted by molar-refractivity contribution is 6.33. The van der Waals surface area contributed by atoms with Gasteiger partial charge >= 0.3 is 12.1 Å². The van der Waals surface area contributed by atoms with Crippen molar-refractivity contribution >= 4 is 23.3 Å². The Hall–Kier alpha value is -4.26. The zero-order valence-corrected chi connectivity index (χ0v) is 18.8. The van der Waals surface area contributed by atoms with Crippen molar-refractivity contribution in [1.82, 2.24) is 14.9 Å². The summed E-state index contributed by atoms with van der Waals surface area (Å²) >= 11 is 6.07. The van der Waals surface area contributed by atoms with E-state index in [9.17, 15) is 32.5 Å². The molecule has 0 bridgehead atoms. The van der Waals surface area contributed by atoms with E-state index in [1.807, 2.05) is 0 Å². The molecule has 0 N–H and O–H groups in total. The van der Waals surface area contributed by atoms with Gasteiger partial charge in [0.25, 0.3) is 5.69 Å². The Bertz CT molecular complexity index is 1460. The van der Waals surface area contributed by atoms with E-state index in [0.29, 0.717) is 10.9 Å². The van der Waals surface area contributed by atoms with Crippen molar-refractivity contribution in [3.8, 4) is 28.3 Å². The van der Waals surface area contributed by atoms with Crippen LogP contribution >= 0.6 is 11.6 Å². The summed E-state index contributed by atoms with van der Waals surface area (Å²) in [6.45, 7) is 1.28. The second-order valence-electron chi connectivity index (χ2n) is 7.11. The maximum Gasteiger partial charge on any atom is 0.434 e. The van der Waals surface area contributed by atoms with Crippen molar-refractivity contribution in [1.29, 1.82) is 0 Å². The minimum atomic E-state index is -5.13. The van der Waals surface area contributed by atoms with E-state index in [2.05, 4.69) is 10.3 Å². The largest absolute Gasteiger partial charge is 0.462 e. The summed E-state index contributed by atoms with van der Waals surface area (Å²) in [5, 5.41) is 18.5. The smallest absolute Gasteiger partial charge is 0.434 e. The zero-order chi connectivity index (χ0) is 26.2. The molecule has 0 aliphatic heterocycles. The minimum Gasteiger partial charge on any atom is -0.462 e. The number of ether oxygens (including phenoxy) is 1. The molecule has 2 aromatic carbocycles. The number of nitro benzene ring substituents is 1. The lowest BCUT2D eigenvalue weighted by Crippen LogP contribution is -2.16. The van der Waals surface area contributed by atoms with E-state index < -0.39 is 68.1 Å². The van der Waals surface area contributed by atoms with E-state index in [1.54, 1.807) is 0 Å². The van der Waals surface area contributed by atoms with E-state index in [-0.39, 0.29) is 11.6 Å². The normalized spacial score (nSPS) is 11.5. The average molecular weight is 525 g/mol. The van der Waals surface area contributed by atoms with Gasteiger partial charge in [-0.3, -0.25) is 10.1 Å². The van der Waals surface area contributed by atoms with E-state index in [0.717, 1.165) is 18.2 Å². The van der Waals surface area contributed by atoms with E-state index in [1.165, 1.54) is 31.2 Å². The van der Waals surface area contributed by atoms with Crippen LogP contribution in [0.25, 0.3) is 28.3 Å². The van der Waals surface area contributed by atoms with Gasteiger partial charge in [-0.05, 0) is 25.1 Å². The molecule has 4 aromatic rings. The maximum atomic E-state index is 14.6. The quantitative estimate of drug-likeness (QED) is 0.130. The van der Waals surface area contributed by atoms with Crippen LogP contribution in [0.3, 0.4) is 0 Å². The monoisotopic (exact) mass is 524 g/mol. The molecule has 36 heavy (non-hydrogen) atoms. The number of para-hydroxylation sites is 2. The molecule has 0 radical (unpaired) electrons. The van der Waals surface area contributed by atoms with Gasteiger partial charge in [0, 0.05) is 6.07 Å². The van der Waals surface area contributed by atoms with Crippen LogP contribution in [-0.2, 0) is 10.9 Å². The fourth-order valence-electron chi connectivity index (χ4n) is 3.53. The van der Waals surface area contributed by atoms with Crippen molar-refractivity contribution in [3.05, 3.63) is 80.9 Å². The number of hydrogen-bond acceptors (Lipinski definition) is 7. The van der Waals surface area contributed by atoms with Crippen LogP contribution in [0.4, 0.5) is 23.2 Å². The molecule has 0 amide bonds. The lowest BCUT2D eigenvalue weighted by molar-refractivity contribution is -0.384. The van der Waals surface area contributed by atoms with Crippen molar-refractivity contribution < 1.29 is 36.5 Å². The van der Waals surface area contributed by atoms with Crippen LogP contribution in [0.15, 0.2) is 53.2 Å². The third kappa shape index (κ3) is 4.28. The first-order valence-electron chi connectivity index (χ1n) is 10.1. The van der Waals surface area contributed by atoms with Gasteiger partial charge in [0.2, 0.25) is 0 Å². The average Bonchev–Trinajstić information content (AvgIpc) is 3.44. The number of hydrogen-bond donors (Lipinski definition) is 0. The number of carbonyl (C=O) groups is 1. The predicted molar refractivity (Wildman–Crippen MR) is 117 cm³/mol. The first-order valence-corrected chi connectivity index (χ1v) is 10.4. The SMILES string of the molecule is CCOC(=O)c1c(-c2c(F)cccc2Cl)noc1-c1cnn(-c2ccccc2[N+](=O)[O-])c1C(F)(F)F. The summed E-state index contributed by atoms with van der Waals surface area (Å²) in [6.07, 6.45) is -4.43. The second kappa shape index (κ2) is 9.41. The number of aromatic nitrogens is 3. The molecule has 0 aliphatic carbocycles. The van der Waals surface area contributed by atoms with Gasteiger partial charge in [0.15, 0.2) is 11.5 Å².